The Morgan fingerprint density at radius 1 is 1.24 bits per heavy atom. The zero-order chi connectivity index (χ0) is 15.1. The molecule has 0 radical (unpaired) electrons. The molecule has 1 aromatic carbocycles. The topological polar surface area (TPSA) is 39.7 Å². The lowest BCUT2D eigenvalue weighted by Gasteiger charge is -2.32. The maximum Gasteiger partial charge on any atom is 0.172 e. The van der Waals surface area contributed by atoms with Gasteiger partial charge in [0, 0.05) is 13.2 Å². The fourth-order valence-corrected chi connectivity index (χ4v) is 2.94. The van der Waals surface area contributed by atoms with Crippen molar-refractivity contribution in [2.24, 2.45) is 0 Å². The minimum absolute atomic E-state index is 0.182. The molecular weight excluding hydrogens is 266 g/mol. The van der Waals surface area contributed by atoms with Gasteiger partial charge in [-0.25, -0.2) is 0 Å². The molecule has 1 aliphatic heterocycles. The van der Waals surface area contributed by atoms with Crippen molar-refractivity contribution in [3.8, 4) is 5.75 Å². The Balaban J connectivity index is 2.08. The molecule has 1 aliphatic rings. The number of hydrogen-bond acceptors (Lipinski definition) is 4. The maximum atomic E-state index is 5.75. The third kappa shape index (κ3) is 4.19. The maximum absolute atomic E-state index is 5.75. The van der Waals surface area contributed by atoms with Crippen molar-refractivity contribution in [2.75, 3.05) is 26.9 Å². The summed E-state index contributed by atoms with van der Waals surface area (Å²) >= 11 is 0. The molecule has 2 unspecified atom stereocenters. The van der Waals surface area contributed by atoms with E-state index in [1.165, 1.54) is 5.56 Å². The zero-order valence-corrected chi connectivity index (χ0v) is 13.3. The highest BCUT2D eigenvalue weighted by molar-refractivity contribution is 5.37. The first-order chi connectivity index (χ1) is 10.3. The molecule has 2 atom stereocenters. The summed E-state index contributed by atoms with van der Waals surface area (Å²) < 4.78 is 17.2. The van der Waals surface area contributed by atoms with Crippen LogP contribution in [-0.2, 0) is 9.47 Å². The Kier molecular flexibility index (Phi) is 6.49. The molecule has 0 bridgehead atoms. The van der Waals surface area contributed by atoms with Crippen LogP contribution in [0.1, 0.15) is 38.2 Å². The van der Waals surface area contributed by atoms with Crippen molar-refractivity contribution in [1.82, 2.24) is 5.32 Å². The normalized spacial score (nSPS) is 19.1. The van der Waals surface area contributed by atoms with Gasteiger partial charge in [-0.3, -0.25) is 0 Å². The molecule has 2 rings (SSSR count). The minimum Gasteiger partial charge on any atom is -0.493 e. The van der Waals surface area contributed by atoms with Crippen LogP contribution in [0.5, 0.6) is 5.75 Å². The van der Waals surface area contributed by atoms with Crippen LogP contribution in [0.15, 0.2) is 24.3 Å². The Hall–Kier alpha value is -1.10. The van der Waals surface area contributed by atoms with Crippen LogP contribution in [0.25, 0.3) is 0 Å². The van der Waals surface area contributed by atoms with Gasteiger partial charge in [-0.05, 0) is 51.3 Å². The summed E-state index contributed by atoms with van der Waals surface area (Å²) in [5, 5.41) is 3.36. The fraction of sp³-hybridized carbons (Fsp3) is 0.647. The van der Waals surface area contributed by atoms with E-state index < -0.39 is 0 Å². The number of likely N-dealkylation sites (N-methyl/N-ethyl adjacent to an activating group) is 1. The van der Waals surface area contributed by atoms with E-state index in [1.54, 1.807) is 0 Å². The van der Waals surface area contributed by atoms with Gasteiger partial charge in [0.15, 0.2) is 6.29 Å². The van der Waals surface area contributed by atoms with Gasteiger partial charge in [-0.1, -0.05) is 18.2 Å². The van der Waals surface area contributed by atoms with Crippen LogP contribution < -0.4 is 10.1 Å². The lowest BCUT2D eigenvalue weighted by atomic mass is 9.87. The quantitative estimate of drug-likeness (QED) is 0.748. The third-order valence-corrected chi connectivity index (χ3v) is 3.98. The molecule has 0 saturated heterocycles. The number of benzene rings is 1. The average molecular weight is 293 g/mol. The molecule has 118 valence electrons. The van der Waals surface area contributed by atoms with Crippen LogP contribution in [0.2, 0.25) is 0 Å². The molecular formula is C17H27NO3. The molecule has 4 heteroatoms. The lowest BCUT2D eigenvalue weighted by molar-refractivity contribution is -0.155. The second kappa shape index (κ2) is 8.37. The Labute approximate surface area is 127 Å². The first-order valence-corrected chi connectivity index (χ1v) is 7.92. The van der Waals surface area contributed by atoms with Gasteiger partial charge in [0.05, 0.1) is 12.6 Å². The first kappa shape index (κ1) is 16.3. The predicted octanol–water partition coefficient (Wildman–Crippen LogP) is 2.93. The first-order valence-electron chi connectivity index (χ1n) is 7.92. The van der Waals surface area contributed by atoms with Crippen molar-refractivity contribution in [2.45, 2.75) is 44.9 Å². The molecule has 0 amide bonds. The van der Waals surface area contributed by atoms with Crippen LogP contribution in [0.4, 0.5) is 0 Å². The molecule has 1 heterocycles. The number of hydrogen-bond donors (Lipinski definition) is 1. The van der Waals surface area contributed by atoms with E-state index >= 15 is 0 Å². The molecule has 1 N–H and O–H groups in total. The lowest BCUT2D eigenvalue weighted by Crippen LogP contribution is -2.42. The fourth-order valence-electron chi connectivity index (χ4n) is 2.94. The molecule has 0 aliphatic carbocycles. The summed E-state index contributed by atoms with van der Waals surface area (Å²) in [6.45, 7) is 6.11. The smallest absolute Gasteiger partial charge is 0.172 e. The van der Waals surface area contributed by atoms with E-state index in [9.17, 15) is 0 Å². The van der Waals surface area contributed by atoms with Crippen molar-refractivity contribution in [3.63, 3.8) is 0 Å². The molecule has 0 spiro atoms. The summed E-state index contributed by atoms with van der Waals surface area (Å²) in [6, 6.07) is 8.51. The SMILES string of the molecule is CCOC(OCC)C(CC1CCOc2ccccc21)NC. The number of para-hydroxylation sites is 1. The highest BCUT2D eigenvalue weighted by Crippen LogP contribution is 2.36. The van der Waals surface area contributed by atoms with Crippen LogP contribution >= 0.6 is 0 Å². The standard InChI is InChI=1S/C17H27NO3/c1-4-19-17(20-5-2)15(18-3)12-13-10-11-21-16-9-7-6-8-14(13)16/h6-9,13,15,17-18H,4-5,10-12H2,1-3H3. The highest BCUT2D eigenvalue weighted by Gasteiger charge is 2.28. The molecule has 0 aromatic heterocycles. The van der Waals surface area contributed by atoms with Gasteiger partial charge in [-0.2, -0.15) is 0 Å². The van der Waals surface area contributed by atoms with E-state index in [0.717, 1.165) is 25.2 Å². The molecule has 4 nitrogen and oxygen atoms in total. The van der Waals surface area contributed by atoms with Crippen LogP contribution in [0, 0.1) is 0 Å². The van der Waals surface area contributed by atoms with Gasteiger partial charge in [0.25, 0.3) is 0 Å². The van der Waals surface area contributed by atoms with Gasteiger partial charge < -0.3 is 19.5 Å². The summed E-state index contributed by atoms with van der Waals surface area (Å²) in [5.74, 6) is 1.50. The zero-order valence-electron chi connectivity index (χ0n) is 13.3. The predicted molar refractivity (Wildman–Crippen MR) is 83.8 cm³/mol. The van der Waals surface area contributed by atoms with Crippen molar-refractivity contribution >= 4 is 0 Å². The Morgan fingerprint density at radius 3 is 2.62 bits per heavy atom. The van der Waals surface area contributed by atoms with Gasteiger partial charge >= 0.3 is 0 Å². The largest absolute Gasteiger partial charge is 0.493 e. The van der Waals surface area contributed by atoms with Crippen LogP contribution in [-0.4, -0.2) is 39.2 Å². The van der Waals surface area contributed by atoms with E-state index in [1.807, 2.05) is 27.0 Å². The second-order valence-corrected chi connectivity index (χ2v) is 5.28. The van der Waals surface area contributed by atoms with Gasteiger partial charge in [0.2, 0.25) is 0 Å². The second-order valence-electron chi connectivity index (χ2n) is 5.28. The van der Waals surface area contributed by atoms with E-state index in [-0.39, 0.29) is 12.3 Å². The summed E-state index contributed by atoms with van der Waals surface area (Å²) in [6.07, 6.45) is 1.84. The minimum atomic E-state index is -0.194. The number of fused-ring (bicyclic) bond motifs is 1. The third-order valence-electron chi connectivity index (χ3n) is 3.98. The number of nitrogens with one attached hydrogen (secondary N) is 1. The van der Waals surface area contributed by atoms with Crippen molar-refractivity contribution in [3.05, 3.63) is 29.8 Å². The van der Waals surface area contributed by atoms with Crippen molar-refractivity contribution in [1.29, 1.82) is 0 Å². The highest BCUT2D eigenvalue weighted by atomic mass is 16.7. The summed E-state index contributed by atoms with van der Waals surface area (Å²) in [4.78, 5) is 0. The monoisotopic (exact) mass is 293 g/mol. The molecule has 1 aromatic rings. The van der Waals surface area contributed by atoms with E-state index in [2.05, 4.69) is 23.5 Å². The van der Waals surface area contributed by atoms with Gasteiger partial charge in [0.1, 0.15) is 5.75 Å². The van der Waals surface area contributed by atoms with E-state index in [0.29, 0.717) is 19.1 Å². The van der Waals surface area contributed by atoms with Gasteiger partial charge in [-0.15, -0.1) is 0 Å². The Bertz CT molecular complexity index is 418. The molecule has 0 saturated carbocycles. The number of rotatable bonds is 8. The summed E-state index contributed by atoms with van der Waals surface area (Å²) in [5.41, 5.74) is 1.30. The summed E-state index contributed by atoms with van der Waals surface area (Å²) in [7, 11) is 1.97. The van der Waals surface area contributed by atoms with E-state index in [4.69, 9.17) is 14.2 Å². The molecule has 0 fully saturated rings. The average Bonchev–Trinajstić information content (AvgIpc) is 2.52. The Morgan fingerprint density at radius 2 is 1.95 bits per heavy atom. The number of ether oxygens (including phenoxy) is 3. The molecule has 21 heavy (non-hydrogen) atoms. The van der Waals surface area contributed by atoms with Crippen molar-refractivity contribution < 1.29 is 14.2 Å². The van der Waals surface area contributed by atoms with Crippen LogP contribution in [0.3, 0.4) is 0 Å².